The van der Waals surface area contributed by atoms with Crippen LogP contribution >= 0.6 is 15.9 Å². The molecule has 2 aliphatic rings. The van der Waals surface area contributed by atoms with E-state index in [1.807, 2.05) is 30.0 Å². The van der Waals surface area contributed by atoms with E-state index < -0.39 is 5.95 Å². The van der Waals surface area contributed by atoms with Gasteiger partial charge in [-0.2, -0.15) is 4.39 Å². The van der Waals surface area contributed by atoms with Crippen LogP contribution in [0.5, 0.6) is 0 Å². The smallest absolute Gasteiger partial charge is 0.236 e. The molecule has 1 aliphatic carbocycles. The molecule has 3 rings (SSSR count). The molecule has 1 saturated heterocycles. The summed E-state index contributed by atoms with van der Waals surface area (Å²) < 4.78 is 14.0. The number of carbonyl (C=O) groups is 1. The molecule has 0 atom stereocenters. The molecule has 138 valence electrons. The topological polar surface area (TPSA) is 39.7 Å². The van der Waals surface area contributed by atoms with Crippen molar-refractivity contribution in [2.45, 2.75) is 31.7 Å². The molecule has 2 fully saturated rings. The highest BCUT2D eigenvalue weighted by Gasteiger charge is 2.30. The maximum atomic E-state index is 13.6. The lowest BCUT2D eigenvalue weighted by Gasteiger charge is -2.41. The second-order valence-electron chi connectivity index (χ2n) is 7.28. The minimum Gasteiger partial charge on any atom is -0.359 e. The maximum Gasteiger partial charge on any atom is 0.236 e. The summed E-state index contributed by atoms with van der Waals surface area (Å²) in [5.41, 5.74) is 0. The van der Waals surface area contributed by atoms with Crippen molar-refractivity contribution in [1.29, 1.82) is 0 Å². The van der Waals surface area contributed by atoms with Crippen molar-refractivity contribution in [3.63, 3.8) is 0 Å². The Morgan fingerprint density at radius 2 is 2.00 bits per heavy atom. The summed E-state index contributed by atoms with van der Waals surface area (Å²) in [6, 6.07) is 4.08. The predicted molar refractivity (Wildman–Crippen MR) is 100 cm³/mol. The lowest BCUT2D eigenvalue weighted by Crippen LogP contribution is -2.53. The van der Waals surface area contributed by atoms with Gasteiger partial charge in [0, 0.05) is 39.8 Å². The highest BCUT2D eigenvalue weighted by molar-refractivity contribution is 9.10. The minimum absolute atomic E-state index is 0.233. The van der Waals surface area contributed by atoms with E-state index in [2.05, 4.69) is 25.8 Å². The minimum atomic E-state index is -0.465. The molecule has 0 bridgehead atoms. The van der Waals surface area contributed by atoms with E-state index in [9.17, 15) is 9.18 Å². The van der Waals surface area contributed by atoms with E-state index >= 15 is 0 Å². The molecule has 25 heavy (non-hydrogen) atoms. The molecule has 2 heterocycles. The Hall–Kier alpha value is -1.21. The first-order valence-electron chi connectivity index (χ1n) is 8.95. The fourth-order valence-corrected chi connectivity index (χ4v) is 4.10. The first-order valence-corrected chi connectivity index (χ1v) is 9.74. The Balaban J connectivity index is 1.49. The molecule has 1 aromatic rings. The molecule has 0 radical (unpaired) electrons. The van der Waals surface area contributed by atoms with Crippen LogP contribution in [0.2, 0.25) is 0 Å². The second-order valence-corrected chi connectivity index (χ2v) is 8.14. The van der Waals surface area contributed by atoms with Crippen LogP contribution in [0.4, 0.5) is 10.2 Å². The zero-order valence-corrected chi connectivity index (χ0v) is 16.5. The monoisotopic (exact) mass is 412 g/mol. The van der Waals surface area contributed by atoms with Crippen LogP contribution in [0, 0.1) is 11.9 Å². The summed E-state index contributed by atoms with van der Waals surface area (Å²) in [7, 11) is 3.85. The van der Waals surface area contributed by atoms with Gasteiger partial charge in [-0.3, -0.25) is 9.69 Å². The molecule has 0 N–H and O–H groups in total. The quantitative estimate of drug-likeness (QED) is 0.712. The summed E-state index contributed by atoms with van der Waals surface area (Å²) in [5.74, 6) is 1.04. The van der Waals surface area contributed by atoms with E-state index in [0.717, 1.165) is 45.3 Å². The van der Waals surface area contributed by atoms with Crippen molar-refractivity contribution in [1.82, 2.24) is 14.8 Å². The fourth-order valence-electron chi connectivity index (χ4n) is 3.88. The first-order chi connectivity index (χ1) is 11.9. The summed E-state index contributed by atoms with van der Waals surface area (Å²) in [6.45, 7) is 3.28. The summed E-state index contributed by atoms with van der Waals surface area (Å²) >= 11 is 3.14. The molecule has 1 aromatic heterocycles. The summed E-state index contributed by atoms with van der Waals surface area (Å²) in [4.78, 5) is 22.1. The average molecular weight is 413 g/mol. The number of nitrogens with zero attached hydrogens (tertiary/aromatic N) is 4. The molecule has 0 aromatic carbocycles. The van der Waals surface area contributed by atoms with Gasteiger partial charge in [0.1, 0.15) is 5.82 Å². The van der Waals surface area contributed by atoms with Crippen LogP contribution in [0.1, 0.15) is 25.7 Å². The second kappa shape index (κ2) is 7.99. The first kappa shape index (κ1) is 18.6. The van der Waals surface area contributed by atoms with E-state index in [1.165, 1.54) is 0 Å². The molecular weight excluding hydrogens is 387 g/mol. The number of likely N-dealkylation sites (N-methyl/N-ethyl adjacent to an activating group) is 1. The van der Waals surface area contributed by atoms with Gasteiger partial charge in [-0.1, -0.05) is 0 Å². The molecule has 1 saturated carbocycles. The van der Waals surface area contributed by atoms with Gasteiger partial charge in [-0.25, -0.2) is 4.98 Å². The molecule has 7 heteroatoms. The maximum absolute atomic E-state index is 13.6. The Bertz CT molecular complexity index is 621. The van der Waals surface area contributed by atoms with Crippen molar-refractivity contribution in [2.24, 2.45) is 5.92 Å². The van der Waals surface area contributed by atoms with Gasteiger partial charge < -0.3 is 9.80 Å². The standard InChI is InChI=1S/C18H26BrFN4O/c1-22-9-10-24(12-17(22)25)14-5-3-13(4-6-14)11-23(2)16-8-7-15(19)18(20)21-16/h7-8,13-14H,3-6,9-12H2,1-2H3/t13-,14-. The lowest BCUT2D eigenvalue weighted by molar-refractivity contribution is -0.135. The fraction of sp³-hybridized carbons (Fsp3) is 0.667. The third kappa shape index (κ3) is 4.50. The molecule has 5 nitrogen and oxygen atoms in total. The number of anilines is 1. The Morgan fingerprint density at radius 1 is 1.28 bits per heavy atom. The SMILES string of the molecule is CN1CCN([C@H]2CC[C@H](CN(C)c3ccc(Br)c(F)n3)CC2)CC1=O. The molecule has 1 amide bonds. The van der Waals surface area contributed by atoms with Crippen molar-refractivity contribution in [3.05, 3.63) is 22.6 Å². The van der Waals surface area contributed by atoms with Crippen LogP contribution in [-0.2, 0) is 4.79 Å². The summed E-state index contributed by atoms with van der Waals surface area (Å²) in [5, 5.41) is 0. The van der Waals surface area contributed by atoms with Gasteiger partial charge in [0.25, 0.3) is 0 Å². The average Bonchev–Trinajstić information content (AvgIpc) is 2.60. The number of pyridine rings is 1. The van der Waals surface area contributed by atoms with Crippen molar-refractivity contribution >= 4 is 27.7 Å². The normalized spacial score (nSPS) is 25.3. The largest absolute Gasteiger partial charge is 0.359 e. The van der Waals surface area contributed by atoms with Crippen molar-refractivity contribution in [2.75, 3.05) is 45.2 Å². The third-order valence-electron chi connectivity index (χ3n) is 5.53. The van der Waals surface area contributed by atoms with Crippen molar-refractivity contribution < 1.29 is 9.18 Å². The van der Waals surface area contributed by atoms with E-state index in [4.69, 9.17) is 0 Å². The molecule has 0 spiro atoms. The van der Waals surface area contributed by atoms with Crippen LogP contribution in [-0.4, -0.2) is 67.0 Å². The third-order valence-corrected chi connectivity index (χ3v) is 6.12. The predicted octanol–water partition coefficient (Wildman–Crippen LogP) is 2.75. The van der Waals surface area contributed by atoms with Crippen LogP contribution in [0.25, 0.3) is 0 Å². The van der Waals surface area contributed by atoms with Gasteiger partial charge in [0.05, 0.1) is 11.0 Å². The lowest BCUT2D eigenvalue weighted by atomic mass is 9.84. The van der Waals surface area contributed by atoms with Gasteiger partial charge in [0.2, 0.25) is 11.9 Å². The molecular formula is C18H26BrFN4O. The highest BCUT2D eigenvalue weighted by Crippen LogP contribution is 2.29. The highest BCUT2D eigenvalue weighted by atomic mass is 79.9. The van der Waals surface area contributed by atoms with Gasteiger partial charge in [0.15, 0.2) is 0 Å². The number of rotatable bonds is 4. The number of amides is 1. The Kier molecular flexibility index (Phi) is 5.94. The molecule has 1 aliphatic heterocycles. The van der Waals surface area contributed by atoms with Gasteiger partial charge >= 0.3 is 0 Å². The Labute approximate surface area is 157 Å². The molecule has 0 unspecified atom stereocenters. The van der Waals surface area contributed by atoms with E-state index in [1.54, 1.807) is 6.07 Å². The van der Waals surface area contributed by atoms with Gasteiger partial charge in [-0.05, 0) is 59.7 Å². The zero-order valence-electron chi connectivity index (χ0n) is 14.9. The number of piperazine rings is 1. The van der Waals surface area contributed by atoms with Crippen LogP contribution < -0.4 is 4.90 Å². The van der Waals surface area contributed by atoms with E-state index in [-0.39, 0.29) is 5.91 Å². The van der Waals surface area contributed by atoms with E-state index in [0.29, 0.717) is 28.8 Å². The van der Waals surface area contributed by atoms with Gasteiger partial charge in [-0.15, -0.1) is 0 Å². The van der Waals surface area contributed by atoms with Crippen molar-refractivity contribution in [3.8, 4) is 0 Å². The van der Waals surface area contributed by atoms with Crippen LogP contribution in [0.3, 0.4) is 0 Å². The number of aromatic nitrogens is 1. The number of hydrogen-bond acceptors (Lipinski definition) is 4. The number of hydrogen-bond donors (Lipinski definition) is 0. The number of carbonyl (C=O) groups excluding carboxylic acids is 1. The zero-order chi connectivity index (χ0) is 18.0. The van der Waals surface area contributed by atoms with Crippen LogP contribution in [0.15, 0.2) is 16.6 Å². The Morgan fingerprint density at radius 3 is 2.64 bits per heavy atom. The summed E-state index contributed by atoms with van der Waals surface area (Å²) in [6.07, 6.45) is 4.57. The number of halogens is 2.